The molecule has 2 N–H and O–H groups in total. The summed E-state index contributed by atoms with van der Waals surface area (Å²) in [6, 6.07) is 1.95. The van der Waals surface area contributed by atoms with Gasteiger partial charge in [-0.25, -0.2) is 0 Å². The maximum atomic E-state index is 4.24. The predicted octanol–water partition coefficient (Wildman–Crippen LogP) is 1.37. The zero-order valence-electron chi connectivity index (χ0n) is 9.20. The van der Waals surface area contributed by atoms with Gasteiger partial charge in [-0.1, -0.05) is 0 Å². The molecule has 0 aliphatic carbocycles. The summed E-state index contributed by atoms with van der Waals surface area (Å²) in [4.78, 5) is 0. The van der Waals surface area contributed by atoms with Crippen LogP contribution in [0.3, 0.4) is 0 Å². The van der Waals surface area contributed by atoms with Crippen LogP contribution in [0.4, 0.5) is 5.82 Å². The van der Waals surface area contributed by atoms with Crippen molar-refractivity contribution in [2.75, 3.05) is 5.32 Å². The summed E-state index contributed by atoms with van der Waals surface area (Å²) < 4.78 is 1.78. The van der Waals surface area contributed by atoms with E-state index in [1.807, 2.05) is 33.2 Å². The molecule has 0 fully saturated rings. The van der Waals surface area contributed by atoms with E-state index in [9.17, 15) is 0 Å². The number of hydrogen-bond donors (Lipinski definition) is 2. The quantitative estimate of drug-likeness (QED) is 0.795. The highest BCUT2D eigenvalue weighted by Gasteiger charge is 2.05. The minimum atomic E-state index is 0.755. The average molecular weight is 205 g/mol. The summed E-state index contributed by atoms with van der Waals surface area (Å²) in [6.45, 7) is 4.78. The minimum Gasteiger partial charge on any atom is -0.364 e. The van der Waals surface area contributed by atoms with Gasteiger partial charge in [0, 0.05) is 37.1 Å². The van der Waals surface area contributed by atoms with Crippen LogP contribution in [0, 0.1) is 13.8 Å². The molecule has 0 atom stereocenters. The van der Waals surface area contributed by atoms with Gasteiger partial charge in [-0.05, 0) is 13.8 Å². The van der Waals surface area contributed by atoms with Crippen LogP contribution in [0.1, 0.15) is 17.0 Å². The summed E-state index contributed by atoms with van der Waals surface area (Å²) in [7, 11) is 1.90. The number of nitrogens with one attached hydrogen (secondary N) is 2. The van der Waals surface area contributed by atoms with Gasteiger partial charge in [-0.3, -0.25) is 9.78 Å². The molecule has 0 unspecified atom stereocenters. The number of rotatable bonds is 3. The van der Waals surface area contributed by atoms with Gasteiger partial charge in [0.1, 0.15) is 5.82 Å². The molecule has 2 aromatic heterocycles. The van der Waals surface area contributed by atoms with Gasteiger partial charge in [0.2, 0.25) is 0 Å². The molecular formula is C10H15N5. The molecule has 5 heteroatoms. The third-order valence-corrected chi connectivity index (χ3v) is 2.44. The van der Waals surface area contributed by atoms with Gasteiger partial charge in [-0.2, -0.15) is 10.2 Å². The maximum Gasteiger partial charge on any atom is 0.148 e. The smallest absolute Gasteiger partial charge is 0.148 e. The van der Waals surface area contributed by atoms with Gasteiger partial charge in [0.15, 0.2) is 0 Å². The number of aromatic nitrogens is 4. The molecular weight excluding hydrogens is 190 g/mol. The van der Waals surface area contributed by atoms with E-state index in [1.54, 1.807) is 4.68 Å². The third-order valence-electron chi connectivity index (χ3n) is 2.44. The number of hydrogen-bond acceptors (Lipinski definition) is 3. The maximum absolute atomic E-state index is 4.24. The van der Waals surface area contributed by atoms with Gasteiger partial charge < -0.3 is 5.32 Å². The van der Waals surface area contributed by atoms with Crippen LogP contribution in [-0.2, 0) is 13.6 Å². The van der Waals surface area contributed by atoms with E-state index >= 15 is 0 Å². The normalized spacial score (nSPS) is 10.6. The van der Waals surface area contributed by atoms with Gasteiger partial charge in [0.25, 0.3) is 0 Å². The van der Waals surface area contributed by atoms with Crippen molar-refractivity contribution in [3.8, 4) is 0 Å². The van der Waals surface area contributed by atoms with Crippen LogP contribution >= 0.6 is 0 Å². The lowest BCUT2D eigenvalue weighted by Gasteiger charge is -2.02. The fraction of sp³-hybridized carbons (Fsp3) is 0.400. The predicted molar refractivity (Wildman–Crippen MR) is 58.6 cm³/mol. The van der Waals surface area contributed by atoms with Crippen molar-refractivity contribution < 1.29 is 0 Å². The van der Waals surface area contributed by atoms with Crippen molar-refractivity contribution in [2.45, 2.75) is 20.4 Å². The van der Waals surface area contributed by atoms with E-state index in [-0.39, 0.29) is 0 Å². The van der Waals surface area contributed by atoms with E-state index in [1.165, 1.54) is 5.56 Å². The standard InChI is InChI=1S/C10H15N5/c1-7-9(8(2)13-12-7)6-11-10-4-5-15(3)14-10/h4-5H,6H2,1-3H3,(H,11,14)(H,12,13). The second-order valence-electron chi connectivity index (χ2n) is 3.64. The topological polar surface area (TPSA) is 58.5 Å². The highest BCUT2D eigenvalue weighted by molar-refractivity contribution is 5.35. The molecule has 0 aliphatic rings. The molecule has 15 heavy (non-hydrogen) atoms. The molecule has 0 saturated carbocycles. The van der Waals surface area contributed by atoms with Crippen molar-refractivity contribution in [3.63, 3.8) is 0 Å². The first-order valence-electron chi connectivity index (χ1n) is 4.91. The zero-order valence-corrected chi connectivity index (χ0v) is 9.20. The Morgan fingerprint density at radius 1 is 1.47 bits per heavy atom. The van der Waals surface area contributed by atoms with Gasteiger partial charge in [0.05, 0.1) is 5.69 Å². The SMILES string of the molecule is Cc1n[nH]c(C)c1CNc1ccn(C)n1. The Balaban J connectivity index is 2.05. The van der Waals surface area contributed by atoms with E-state index in [0.717, 1.165) is 23.8 Å². The average Bonchev–Trinajstić information content (AvgIpc) is 2.73. The number of anilines is 1. The fourth-order valence-electron chi connectivity index (χ4n) is 1.52. The lowest BCUT2D eigenvalue weighted by molar-refractivity contribution is 0.768. The van der Waals surface area contributed by atoms with Crippen LogP contribution in [0.2, 0.25) is 0 Å². The zero-order chi connectivity index (χ0) is 10.8. The number of aryl methyl sites for hydroxylation is 3. The Morgan fingerprint density at radius 3 is 2.80 bits per heavy atom. The van der Waals surface area contributed by atoms with Crippen molar-refractivity contribution in [1.29, 1.82) is 0 Å². The van der Waals surface area contributed by atoms with E-state index < -0.39 is 0 Å². The lowest BCUT2D eigenvalue weighted by atomic mass is 10.2. The molecule has 0 saturated heterocycles. The minimum absolute atomic E-state index is 0.755. The summed E-state index contributed by atoms with van der Waals surface area (Å²) in [5.41, 5.74) is 3.35. The summed E-state index contributed by atoms with van der Waals surface area (Å²) >= 11 is 0. The largest absolute Gasteiger partial charge is 0.364 e. The second-order valence-corrected chi connectivity index (χ2v) is 3.64. The Kier molecular flexibility index (Phi) is 2.45. The van der Waals surface area contributed by atoms with Crippen LogP contribution in [0.15, 0.2) is 12.3 Å². The highest BCUT2D eigenvalue weighted by atomic mass is 15.3. The van der Waals surface area contributed by atoms with Crippen LogP contribution < -0.4 is 5.32 Å². The highest BCUT2D eigenvalue weighted by Crippen LogP contribution is 2.11. The van der Waals surface area contributed by atoms with Crippen molar-refractivity contribution in [3.05, 3.63) is 29.2 Å². The van der Waals surface area contributed by atoms with Crippen molar-refractivity contribution in [1.82, 2.24) is 20.0 Å². The molecule has 0 aliphatic heterocycles. The van der Waals surface area contributed by atoms with E-state index in [4.69, 9.17) is 0 Å². The van der Waals surface area contributed by atoms with Gasteiger partial charge >= 0.3 is 0 Å². The van der Waals surface area contributed by atoms with Crippen LogP contribution in [-0.4, -0.2) is 20.0 Å². The molecule has 0 bridgehead atoms. The molecule has 2 aromatic rings. The molecule has 2 heterocycles. The Hall–Kier alpha value is -1.78. The van der Waals surface area contributed by atoms with Gasteiger partial charge in [-0.15, -0.1) is 0 Å². The lowest BCUT2D eigenvalue weighted by Crippen LogP contribution is -2.02. The van der Waals surface area contributed by atoms with Crippen molar-refractivity contribution >= 4 is 5.82 Å². The molecule has 0 radical (unpaired) electrons. The molecule has 5 nitrogen and oxygen atoms in total. The molecule has 80 valence electrons. The molecule has 0 spiro atoms. The number of aromatic amines is 1. The molecule has 0 amide bonds. The fourth-order valence-corrected chi connectivity index (χ4v) is 1.52. The summed E-state index contributed by atoms with van der Waals surface area (Å²) in [5.74, 6) is 0.887. The Morgan fingerprint density at radius 2 is 2.27 bits per heavy atom. The van der Waals surface area contributed by atoms with Crippen LogP contribution in [0.25, 0.3) is 0 Å². The first kappa shape index (κ1) is 9.76. The first-order chi connectivity index (χ1) is 7.16. The van der Waals surface area contributed by atoms with Crippen molar-refractivity contribution in [2.24, 2.45) is 7.05 Å². The van der Waals surface area contributed by atoms with E-state index in [0.29, 0.717) is 0 Å². The first-order valence-corrected chi connectivity index (χ1v) is 4.91. The Bertz CT molecular complexity index is 435. The van der Waals surface area contributed by atoms with Crippen LogP contribution in [0.5, 0.6) is 0 Å². The summed E-state index contributed by atoms with van der Waals surface area (Å²) in [5, 5.41) is 14.6. The third kappa shape index (κ3) is 2.01. The second kappa shape index (κ2) is 3.76. The molecule has 2 rings (SSSR count). The Labute approximate surface area is 88.5 Å². The summed E-state index contributed by atoms with van der Waals surface area (Å²) in [6.07, 6.45) is 1.91. The van der Waals surface area contributed by atoms with E-state index in [2.05, 4.69) is 20.6 Å². The molecule has 0 aromatic carbocycles. The number of H-pyrrole nitrogens is 1. The number of nitrogens with zero attached hydrogens (tertiary/aromatic N) is 3. The monoisotopic (exact) mass is 205 g/mol.